The zero-order valence-corrected chi connectivity index (χ0v) is 11.0. The lowest BCUT2D eigenvalue weighted by Gasteiger charge is -2.11. The number of quaternary nitrogens is 1. The Kier molecular flexibility index (Phi) is 4.70. The van der Waals surface area contributed by atoms with Gasteiger partial charge in [-0.1, -0.05) is 48.5 Å². The Balaban J connectivity index is 1.81. The number of para-hydroxylation sites is 1. The van der Waals surface area contributed by atoms with Crippen molar-refractivity contribution in [3.8, 4) is 0 Å². The summed E-state index contributed by atoms with van der Waals surface area (Å²) < 4.78 is 0. The van der Waals surface area contributed by atoms with E-state index in [-0.39, 0.29) is 11.9 Å². The lowest BCUT2D eigenvalue weighted by atomic mass is 10.1. The molecule has 0 saturated heterocycles. The van der Waals surface area contributed by atoms with Gasteiger partial charge in [-0.2, -0.15) is 0 Å². The van der Waals surface area contributed by atoms with Crippen LogP contribution in [0, 0.1) is 0 Å². The van der Waals surface area contributed by atoms with Crippen LogP contribution in [0.2, 0.25) is 0 Å². The van der Waals surface area contributed by atoms with Crippen LogP contribution in [0.4, 0.5) is 5.69 Å². The molecule has 2 aromatic carbocycles. The first-order valence-corrected chi connectivity index (χ1v) is 6.49. The molecule has 0 heterocycles. The highest BCUT2D eigenvalue weighted by molar-refractivity contribution is 5.91. The van der Waals surface area contributed by atoms with Crippen molar-refractivity contribution in [3.63, 3.8) is 0 Å². The quantitative estimate of drug-likeness (QED) is 0.842. The molecule has 1 atom stereocenters. The fraction of sp³-hybridized carbons (Fsp3) is 0.188. The molecule has 0 aliphatic rings. The Morgan fingerprint density at radius 3 is 2.26 bits per heavy atom. The molecule has 98 valence electrons. The molecular weight excluding hydrogens is 236 g/mol. The van der Waals surface area contributed by atoms with Crippen molar-refractivity contribution in [1.29, 1.82) is 0 Å². The van der Waals surface area contributed by atoms with E-state index >= 15 is 0 Å². The molecular formula is C16H19N2O+. The van der Waals surface area contributed by atoms with Gasteiger partial charge in [0.05, 0.1) is 0 Å². The fourth-order valence-electron chi connectivity index (χ4n) is 1.91. The van der Waals surface area contributed by atoms with Crippen LogP contribution in [-0.4, -0.2) is 12.5 Å². The highest BCUT2D eigenvalue weighted by atomic mass is 16.1. The topological polar surface area (TPSA) is 45.7 Å². The number of amides is 1. The van der Waals surface area contributed by atoms with Crippen LogP contribution in [0.15, 0.2) is 60.7 Å². The molecule has 0 spiro atoms. The van der Waals surface area contributed by atoms with E-state index < -0.39 is 0 Å². The van der Waals surface area contributed by atoms with Gasteiger partial charge in [0, 0.05) is 11.3 Å². The van der Waals surface area contributed by atoms with Crippen molar-refractivity contribution in [2.75, 3.05) is 11.9 Å². The lowest BCUT2D eigenvalue weighted by Crippen LogP contribution is -2.86. The first-order chi connectivity index (χ1) is 9.25. The molecule has 0 aromatic heterocycles. The molecule has 3 heteroatoms. The summed E-state index contributed by atoms with van der Waals surface area (Å²) in [6, 6.07) is 20.0. The second-order valence-corrected chi connectivity index (χ2v) is 4.55. The standard InChI is InChI=1S/C16H18N2O/c1-13(14-8-4-2-5-9-14)17-12-16(19)18-15-10-6-3-7-11-15/h2-11,13,17H,12H2,1H3,(H,18,19)/p+1/t13-/m0/s1. The fourth-order valence-corrected chi connectivity index (χ4v) is 1.91. The van der Waals surface area contributed by atoms with E-state index in [1.807, 2.05) is 53.8 Å². The van der Waals surface area contributed by atoms with Gasteiger partial charge in [-0.15, -0.1) is 0 Å². The maximum absolute atomic E-state index is 11.8. The van der Waals surface area contributed by atoms with Gasteiger partial charge in [-0.3, -0.25) is 4.79 Å². The summed E-state index contributed by atoms with van der Waals surface area (Å²) in [6.07, 6.45) is 0. The molecule has 0 unspecified atom stereocenters. The molecule has 3 nitrogen and oxygen atoms in total. The molecule has 0 fully saturated rings. The predicted octanol–water partition coefficient (Wildman–Crippen LogP) is 1.95. The van der Waals surface area contributed by atoms with Gasteiger partial charge in [0.15, 0.2) is 6.54 Å². The summed E-state index contributed by atoms with van der Waals surface area (Å²) in [6.45, 7) is 2.52. The highest BCUT2D eigenvalue weighted by Gasteiger charge is 2.10. The number of carbonyl (C=O) groups excluding carboxylic acids is 1. The average Bonchev–Trinajstić information content (AvgIpc) is 2.47. The number of hydrogen-bond donors (Lipinski definition) is 2. The number of nitrogens with two attached hydrogens (primary N) is 1. The number of hydrogen-bond acceptors (Lipinski definition) is 1. The van der Waals surface area contributed by atoms with Gasteiger partial charge >= 0.3 is 0 Å². The molecule has 2 rings (SSSR count). The van der Waals surface area contributed by atoms with Gasteiger partial charge in [0.25, 0.3) is 5.91 Å². The number of anilines is 1. The minimum absolute atomic E-state index is 0.0222. The summed E-state index contributed by atoms with van der Waals surface area (Å²) in [4.78, 5) is 11.8. The normalized spacial score (nSPS) is 11.8. The maximum Gasteiger partial charge on any atom is 0.279 e. The molecule has 19 heavy (non-hydrogen) atoms. The summed E-state index contributed by atoms with van der Waals surface area (Å²) in [5, 5.41) is 4.91. The number of nitrogens with one attached hydrogen (secondary N) is 1. The third kappa shape index (κ3) is 4.23. The van der Waals surface area contributed by atoms with E-state index in [1.165, 1.54) is 5.56 Å². The number of benzene rings is 2. The average molecular weight is 255 g/mol. The van der Waals surface area contributed by atoms with Crippen LogP contribution >= 0.6 is 0 Å². The Hall–Kier alpha value is -2.13. The molecule has 1 amide bonds. The van der Waals surface area contributed by atoms with E-state index in [9.17, 15) is 4.79 Å². The first kappa shape index (κ1) is 13.3. The Labute approximate surface area is 113 Å². The Bertz CT molecular complexity index is 511. The molecule has 3 N–H and O–H groups in total. The summed E-state index contributed by atoms with van der Waals surface area (Å²) >= 11 is 0. The van der Waals surface area contributed by atoms with Crippen LogP contribution in [-0.2, 0) is 4.79 Å². The molecule has 0 aliphatic carbocycles. The lowest BCUT2D eigenvalue weighted by molar-refractivity contribution is -0.682. The van der Waals surface area contributed by atoms with Crippen molar-refractivity contribution in [2.45, 2.75) is 13.0 Å². The van der Waals surface area contributed by atoms with Crippen LogP contribution in [0.25, 0.3) is 0 Å². The highest BCUT2D eigenvalue weighted by Crippen LogP contribution is 2.06. The predicted molar refractivity (Wildman–Crippen MR) is 76.7 cm³/mol. The molecule has 0 radical (unpaired) electrons. The molecule has 0 aliphatic heterocycles. The van der Waals surface area contributed by atoms with Crippen LogP contribution in [0.1, 0.15) is 18.5 Å². The van der Waals surface area contributed by atoms with Crippen molar-refractivity contribution in [1.82, 2.24) is 0 Å². The maximum atomic E-state index is 11.8. The van der Waals surface area contributed by atoms with E-state index in [2.05, 4.69) is 24.4 Å². The first-order valence-electron chi connectivity index (χ1n) is 6.49. The molecule has 2 aromatic rings. The van der Waals surface area contributed by atoms with Crippen LogP contribution in [0.5, 0.6) is 0 Å². The minimum atomic E-state index is 0.0222. The SMILES string of the molecule is C[C@H]([NH2+]CC(=O)Nc1ccccc1)c1ccccc1. The van der Waals surface area contributed by atoms with Crippen molar-refractivity contribution >= 4 is 11.6 Å². The van der Waals surface area contributed by atoms with E-state index in [0.29, 0.717) is 6.54 Å². The molecule has 0 bridgehead atoms. The Morgan fingerprint density at radius 2 is 1.63 bits per heavy atom. The van der Waals surface area contributed by atoms with Crippen molar-refractivity contribution in [3.05, 3.63) is 66.2 Å². The zero-order valence-electron chi connectivity index (χ0n) is 11.0. The number of carbonyl (C=O) groups is 1. The summed E-state index contributed by atoms with van der Waals surface area (Å²) in [5.74, 6) is 0.0222. The van der Waals surface area contributed by atoms with E-state index in [1.54, 1.807) is 0 Å². The van der Waals surface area contributed by atoms with E-state index in [4.69, 9.17) is 0 Å². The zero-order chi connectivity index (χ0) is 13.5. The number of rotatable bonds is 5. The third-order valence-electron chi connectivity index (χ3n) is 3.04. The Morgan fingerprint density at radius 1 is 1.05 bits per heavy atom. The van der Waals surface area contributed by atoms with E-state index in [0.717, 1.165) is 5.69 Å². The van der Waals surface area contributed by atoms with Crippen LogP contribution in [0.3, 0.4) is 0 Å². The van der Waals surface area contributed by atoms with Crippen molar-refractivity contribution < 1.29 is 10.1 Å². The second-order valence-electron chi connectivity index (χ2n) is 4.55. The smallest absolute Gasteiger partial charge is 0.279 e. The summed E-state index contributed by atoms with van der Waals surface area (Å²) in [7, 11) is 0. The molecule has 0 saturated carbocycles. The van der Waals surface area contributed by atoms with Crippen molar-refractivity contribution in [2.24, 2.45) is 0 Å². The minimum Gasteiger partial charge on any atom is -0.333 e. The van der Waals surface area contributed by atoms with Gasteiger partial charge in [0.1, 0.15) is 6.04 Å². The van der Waals surface area contributed by atoms with Gasteiger partial charge in [-0.05, 0) is 19.1 Å². The largest absolute Gasteiger partial charge is 0.333 e. The van der Waals surface area contributed by atoms with Gasteiger partial charge < -0.3 is 10.6 Å². The van der Waals surface area contributed by atoms with Crippen LogP contribution < -0.4 is 10.6 Å². The summed E-state index contributed by atoms with van der Waals surface area (Å²) in [5.41, 5.74) is 2.07. The monoisotopic (exact) mass is 255 g/mol. The third-order valence-corrected chi connectivity index (χ3v) is 3.04. The second kappa shape index (κ2) is 6.71. The van der Waals surface area contributed by atoms with Gasteiger partial charge in [-0.25, -0.2) is 0 Å². The van der Waals surface area contributed by atoms with Gasteiger partial charge in [0.2, 0.25) is 0 Å².